The van der Waals surface area contributed by atoms with Crippen LogP contribution in [-0.2, 0) is 0 Å². The summed E-state index contributed by atoms with van der Waals surface area (Å²) < 4.78 is 13.7. The molecule has 1 unspecified atom stereocenters. The average Bonchev–Trinajstić information content (AvgIpc) is 3.54. The molecule has 43 heavy (non-hydrogen) atoms. The van der Waals surface area contributed by atoms with Gasteiger partial charge in [0.1, 0.15) is 11.6 Å². The van der Waals surface area contributed by atoms with E-state index in [0.29, 0.717) is 41.0 Å². The van der Waals surface area contributed by atoms with Crippen molar-refractivity contribution >= 4 is 34.7 Å². The first kappa shape index (κ1) is 29.7. The number of rotatable bonds is 8. The van der Waals surface area contributed by atoms with Crippen molar-refractivity contribution in [3.05, 3.63) is 117 Å². The quantitative estimate of drug-likeness (QED) is 0.200. The molecule has 1 saturated carbocycles. The Labute approximate surface area is 262 Å². The van der Waals surface area contributed by atoms with E-state index in [1.165, 1.54) is 25.0 Å². The van der Waals surface area contributed by atoms with Gasteiger partial charge >= 0.3 is 0 Å². The number of hydrogen-bond acceptors (Lipinski definition) is 4. The van der Waals surface area contributed by atoms with Gasteiger partial charge in [-0.2, -0.15) is 0 Å². The Balaban J connectivity index is 1.35. The van der Waals surface area contributed by atoms with Crippen LogP contribution in [0, 0.1) is 11.7 Å². The van der Waals surface area contributed by atoms with Crippen LogP contribution < -0.4 is 4.90 Å². The van der Waals surface area contributed by atoms with Crippen molar-refractivity contribution in [2.24, 2.45) is 5.92 Å². The lowest BCUT2D eigenvalue weighted by atomic mass is 9.90. The van der Waals surface area contributed by atoms with E-state index in [0.717, 1.165) is 53.9 Å². The Kier molecular flexibility index (Phi) is 9.03. The van der Waals surface area contributed by atoms with Crippen LogP contribution in [0.15, 0.2) is 84.9 Å². The van der Waals surface area contributed by atoms with Crippen molar-refractivity contribution in [3.8, 4) is 16.9 Å². The number of benzene rings is 4. The zero-order valence-corrected chi connectivity index (χ0v) is 25.5. The lowest BCUT2D eigenvalue weighted by Crippen LogP contribution is -2.48. The van der Waals surface area contributed by atoms with Crippen LogP contribution in [0.3, 0.4) is 0 Å². The Morgan fingerprint density at radius 1 is 0.860 bits per heavy atom. The second kappa shape index (κ2) is 13.1. The monoisotopic (exact) mass is 616 g/mol. The molecule has 1 atom stereocenters. The topological polar surface area (TPSA) is 43.8 Å². The number of ketones is 1. The second-order valence-electron chi connectivity index (χ2n) is 11.7. The van der Waals surface area contributed by atoms with E-state index in [9.17, 15) is 14.3 Å². The second-order valence-corrected chi connectivity index (χ2v) is 12.5. The molecule has 4 aromatic carbocycles. The molecule has 0 aromatic heterocycles. The SMILES string of the molecule is O=C(CC1CCCC1)c1cccc(C(c2cc(-c3ccc(F)cc3)ccc2O)N2CCN(c3cccc(Cl)c3Cl)CC2)c1. The van der Waals surface area contributed by atoms with Gasteiger partial charge < -0.3 is 10.0 Å². The van der Waals surface area contributed by atoms with Crippen LogP contribution in [0.1, 0.15) is 59.6 Å². The fourth-order valence-electron chi connectivity index (χ4n) is 6.62. The molecule has 4 aromatic rings. The predicted octanol–water partition coefficient (Wildman–Crippen LogP) is 9.18. The van der Waals surface area contributed by atoms with Crippen molar-refractivity contribution in [1.29, 1.82) is 0 Å². The predicted molar refractivity (Wildman–Crippen MR) is 173 cm³/mol. The van der Waals surface area contributed by atoms with Crippen LogP contribution in [0.5, 0.6) is 5.75 Å². The molecule has 7 heteroatoms. The van der Waals surface area contributed by atoms with Crippen LogP contribution >= 0.6 is 23.2 Å². The Morgan fingerprint density at radius 2 is 1.56 bits per heavy atom. The number of hydrogen-bond donors (Lipinski definition) is 1. The van der Waals surface area contributed by atoms with Gasteiger partial charge in [0.15, 0.2) is 5.78 Å². The van der Waals surface area contributed by atoms with E-state index >= 15 is 0 Å². The summed E-state index contributed by atoms with van der Waals surface area (Å²) in [6.07, 6.45) is 5.24. The minimum Gasteiger partial charge on any atom is -0.508 e. The van der Waals surface area contributed by atoms with Crippen molar-refractivity contribution in [2.75, 3.05) is 31.1 Å². The molecule has 1 aliphatic heterocycles. The first-order chi connectivity index (χ1) is 20.9. The summed E-state index contributed by atoms with van der Waals surface area (Å²) in [7, 11) is 0. The third-order valence-electron chi connectivity index (χ3n) is 8.92. The number of carbonyl (C=O) groups is 1. The maximum Gasteiger partial charge on any atom is 0.163 e. The number of phenolic OH excluding ortho intramolecular Hbond substituents is 1. The molecule has 0 amide bonds. The molecule has 0 bridgehead atoms. The molecule has 2 aliphatic rings. The molecule has 1 N–H and O–H groups in total. The highest BCUT2D eigenvalue weighted by Gasteiger charge is 2.30. The summed E-state index contributed by atoms with van der Waals surface area (Å²) in [4.78, 5) is 17.9. The van der Waals surface area contributed by atoms with E-state index in [1.54, 1.807) is 24.3 Å². The highest BCUT2D eigenvalue weighted by molar-refractivity contribution is 6.43. The largest absolute Gasteiger partial charge is 0.508 e. The zero-order chi connectivity index (χ0) is 29.9. The maximum absolute atomic E-state index is 13.7. The minimum absolute atomic E-state index is 0.178. The number of halogens is 3. The fraction of sp³-hybridized carbons (Fsp3) is 0.306. The molecule has 6 rings (SSSR count). The number of nitrogens with zero attached hydrogens (tertiary/aromatic N) is 2. The summed E-state index contributed by atoms with van der Waals surface area (Å²) in [5.41, 5.74) is 5.08. The molecule has 4 nitrogen and oxygen atoms in total. The molecule has 1 heterocycles. The fourth-order valence-corrected chi connectivity index (χ4v) is 7.03. The summed E-state index contributed by atoms with van der Waals surface area (Å²) >= 11 is 12.9. The average molecular weight is 618 g/mol. The van der Waals surface area contributed by atoms with Gasteiger partial charge in [0.25, 0.3) is 0 Å². The highest BCUT2D eigenvalue weighted by atomic mass is 35.5. The Hall–Kier alpha value is -3.38. The van der Waals surface area contributed by atoms with Gasteiger partial charge in [-0.15, -0.1) is 0 Å². The molecule has 0 radical (unpaired) electrons. The number of aromatic hydroxyl groups is 1. The summed E-state index contributed by atoms with van der Waals surface area (Å²) in [6, 6.07) is 25.2. The summed E-state index contributed by atoms with van der Waals surface area (Å²) in [5.74, 6) is 0.531. The van der Waals surface area contributed by atoms with Gasteiger partial charge in [0.2, 0.25) is 0 Å². The van der Waals surface area contributed by atoms with Crippen LogP contribution in [-0.4, -0.2) is 42.0 Å². The van der Waals surface area contributed by atoms with Crippen LogP contribution in [0.2, 0.25) is 10.0 Å². The molecule has 222 valence electrons. The number of phenols is 1. The first-order valence-electron chi connectivity index (χ1n) is 15.0. The van der Waals surface area contributed by atoms with Gasteiger partial charge in [0.05, 0.1) is 21.8 Å². The van der Waals surface area contributed by atoms with Gasteiger partial charge in [-0.3, -0.25) is 9.69 Å². The molecule has 1 aliphatic carbocycles. The van der Waals surface area contributed by atoms with Gasteiger partial charge in [-0.25, -0.2) is 4.39 Å². The van der Waals surface area contributed by atoms with E-state index in [-0.39, 0.29) is 23.4 Å². The number of piperazine rings is 1. The molecule has 1 saturated heterocycles. The third kappa shape index (κ3) is 6.59. The van der Waals surface area contributed by atoms with Gasteiger partial charge in [-0.05, 0) is 65.1 Å². The van der Waals surface area contributed by atoms with Crippen LogP contribution in [0.25, 0.3) is 11.1 Å². The highest BCUT2D eigenvalue weighted by Crippen LogP contribution is 2.40. The van der Waals surface area contributed by atoms with E-state index in [2.05, 4.69) is 9.80 Å². The molecule has 2 fully saturated rings. The van der Waals surface area contributed by atoms with Crippen molar-refractivity contribution in [1.82, 2.24) is 4.90 Å². The standard InChI is InChI=1S/C36H35Cl2FN2O2/c37-31-9-4-10-32(35(31)38)40-17-19-41(20-18-40)36(28-8-3-7-27(22-28)34(43)21-24-5-1-2-6-24)30-23-26(13-16-33(30)42)25-11-14-29(39)15-12-25/h3-4,7-16,22-24,36,42H,1-2,5-6,17-21H2. The number of anilines is 1. The lowest BCUT2D eigenvalue weighted by molar-refractivity contribution is 0.0962. The van der Waals surface area contributed by atoms with Crippen molar-refractivity contribution in [2.45, 2.75) is 38.1 Å². The maximum atomic E-state index is 13.7. The lowest BCUT2D eigenvalue weighted by Gasteiger charge is -2.41. The number of Topliss-reactive ketones (excluding diaryl/α,β-unsaturated/α-hetero) is 1. The van der Waals surface area contributed by atoms with Crippen LogP contribution in [0.4, 0.5) is 10.1 Å². The summed E-state index contributed by atoms with van der Waals surface area (Å²) in [6.45, 7) is 2.84. The molecular weight excluding hydrogens is 582 g/mol. The van der Waals surface area contributed by atoms with E-state index in [4.69, 9.17) is 23.2 Å². The number of carbonyl (C=O) groups excluding carboxylic acids is 1. The Bertz CT molecular complexity index is 1600. The third-order valence-corrected chi connectivity index (χ3v) is 9.73. The molecule has 0 spiro atoms. The normalized spacial score (nSPS) is 16.9. The van der Waals surface area contributed by atoms with Crippen molar-refractivity contribution < 1.29 is 14.3 Å². The summed E-state index contributed by atoms with van der Waals surface area (Å²) in [5, 5.41) is 12.3. The van der Waals surface area contributed by atoms with Crippen molar-refractivity contribution in [3.63, 3.8) is 0 Å². The first-order valence-corrected chi connectivity index (χ1v) is 15.8. The van der Waals surface area contributed by atoms with Gasteiger partial charge in [0, 0.05) is 43.7 Å². The van der Waals surface area contributed by atoms with E-state index in [1.807, 2.05) is 48.5 Å². The van der Waals surface area contributed by atoms with E-state index < -0.39 is 0 Å². The molecular formula is C36H35Cl2FN2O2. The Morgan fingerprint density at radius 3 is 2.30 bits per heavy atom. The smallest absolute Gasteiger partial charge is 0.163 e. The van der Waals surface area contributed by atoms with Gasteiger partial charge in [-0.1, -0.05) is 91.3 Å². The zero-order valence-electron chi connectivity index (χ0n) is 24.0. The minimum atomic E-state index is -0.295.